The molecule has 1 aromatic heterocycles. The summed E-state index contributed by atoms with van der Waals surface area (Å²) in [6, 6.07) is 6.94. The van der Waals surface area contributed by atoms with Crippen molar-refractivity contribution in [2.45, 2.75) is 38.1 Å². The van der Waals surface area contributed by atoms with Gasteiger partial charge in [-0.05, 0) is 37.1 Å². The van der Waals surface area contributed by atoms with E-state index in [9.17, 15) is 14.0 Å². The van der Waals surface area contributed by atoms with Crippen molar-refractivity contribution >= 4 is 17.6 Å². The van der Waals surface area contributed by atoms with Crippen molar-refractivity contribution in [2.24, 2.45) is 0 Å². The number of hydrogen-bond acceptors (Lipinski definition) is 4. The maximum absolute atomic E-state index is 13.1. The molecule has 3 rings (SSSR count). The molecule has 0 saturated heterocycles. The number of benzene rings is 1. The van der Waals surface area contributed by atoms with Crippen LogP contribution in [0.25, 0.3) is 0 Å². The highest BCUT2D eigenvalue weighted by atomic mass is 19.1. The minimum absolute atomic E-state index is 0.00867. The van der Waals surface area contributed by atoms with Gasteiger partial charge < -0.3 is 14.7 Å². The molecule has 1 saturated carbocycles. The highest BCUT2D eigenvalue weighted by Gasteiger charge is 2.28. The van der Waals surface area contributed by atoms with Gasteiger partial charge in [0.25, 0.3) is 5.91 Å². The maximum Gasteiger partial charge on any atom is 0.254 e. The smallest absolute Gasteiger partial charge is 0.254 e. The molecule has 1 fully saturated rings. The predicted molar refractivity (Wildman–Crippen MR) is 89.4 cm³/mol. The summed E-state index contributed by atoms with van der Waals surface area (Å²) in [7, 11) is 0. The SMILES string of the molecule is O=C(CN(C(=O)c1ccc(F)cc1)C1CCCCC1)Nc1ccon1. The van der Waals surface area contributed by atoms with E-state index in [-0.39, 0.29) is 24.4 Å². The third kappa shape index (κ3) is 4.43. The molecule has 0 spiro atoms. The van der Waals surface area contributed by atoms with Crippen LogP contribution < -0.4 is 5.32 Å². The van der Waals surface area contributed by atoms with Gasteiger partial charge in [-0.2, -0.15) is 0 Å². The lowest BCUT2D eigenvalue weighted by molar-refractivity contribution is -0.117. The molecular formula is C18H20FN3O3. The lowest BCUT2D eigenvalue weighted by Crippen LogP contribution is -2.45. The molecule has 1 aliphatic rings. The number of hydrogen-bond donors (Lipinski definition) is 1. The third-order valence-corrected chi connectivity index (χ3v) is 4.39. The Bertz CT molecular complexity index is 710. The Kier molecular flexibility index (Phi) is 5.42. The second kappa shape index (κ2) is 7.92. The Morgan fingerprint density at radius 3 is 2.52 bits per heavy atom. The monoisotopic (exact) mass is 345 g/mol. The highest BCUT2D eigenvalue weighted by Crippen LogP contribution is 2.24. The quantitative estimate of drug-likeness (QED) is 0.903. The van der Waals surface area contributed by atoms with Crippen LogP contribution in [-0.2, 0) is 4.79 Å². The van der Waals surface area contributed by atoms with Gasteiger partial charge in [0.15, 0.2) is 5.82 Å². The van der Waals surface area contributed by atoms with E-state index < -0.39 is 5.82 Å². The Hall–Kier alpha value is -2.70. The number of halogens is 1. The summed E-state index contributed by atoms with van der Waals surface area (Å²) in [6.07, 6.45) is 6.29. The number of amides is 2. The van der Waals surface area contributed by atoms with Gasteiger partial charge in [-0.1, -0.05) is 24.4 Å². The van der Waals surface area contributed by atoms with Crippen LogP contribution in [0.3, 0.4) is 0 Å². The van der Waals surface area contributed by atoms with Crippen LogP contribution in [0.2, 0.25) is 0 Å². The molecule has 1 aromatic carbocycles. The molecule has 0 atom stereocenters. The van der Waals surface area contributed by atoms with Crippen molar-refractivity contribution in [2.75, 3.05) is 11.9 Å². The van der Waals surface area contributed by atoms with E-state index >= 15 is 0 Å². The van der Waals surface area contributed by atoms with Crippen molar-refractivity contribution in [3.8, 4) is 0 Å². The summed E-state index contributed by atoms with van der Waals surface area (Å²) in [5.41, 5.74) is 0.376. The van der Waals surface area contributed by atoms with Gasteiger partial charge in [0, 0.05) is 17.7 Å². The fraction of sp³-hybridized carbons (Fsp3) is 0.389. The Morgan fingerprint density at radius 1 is 1.16 bits per heavy atom. The largest absolute Gasteiger partial charge is 0.363 e. The molecule has 0 bridgehead atoms. The fourth-order valence-corrected chi connectivity index (χ4v) is 3.13. The van der Waals surface area contributed by atoms with Gasteiger partial charge in [-0.3, -0.25) is 9.59 Å². The molecule has 2 aromatic rings. The van der Waals surface area contributed by atoms with Crippen LogP contribution in [-0.4, -0.2) is 34.5 Å². The molecule has 6 nitrogen and oxygen atoms in total. The molecule has 25 heavy (non-hydrogen) atoms. The summed E-state index contributed by atoms with van der Waals surface area (Å²) in [4.78, 5) is 26.8. The molecule has 1 heterocycles. The second-order valence-electron chi connectivity index (χ2n) is 6.16. The number of nitrogens with zero attached hydrogens (tertiary/aromatic N) is 2. The molecule has 132 valence electrons. The van der Waals surface area contributed by atoms with Gasteiger partial charge in [0.2, 0.25) is 5.91 Å². The first-order valence-corrected chi connectivity index (χ1v) is 8.40. The maximum atomic E-state index is 13.1. The normalized spacial score (nSPS) is 14.9. The van der Waals surface area contributed by atoms with Crippen LogP contribution in [0.5, 0.6) is 0 Å². The first-order chi connectivity index (χ1) is 12.1. The highest BCUT2D eigenvalue weighted by molar-refractivity contribution is 5.99. The molecule has 0 radical (unpaired) electrons. The van der Waals surface area contributed by atoms with E-state index in [1.807, 2.05) is 0 Å². The average molecular weight is 345 g/mol. The first kappa shape index (κ1) is 17.1. The lowest BCUT2D eigenvalue weighted by atomic mass is 9.93. The van der Waals surface area contributed by atoms with Crippen LogP contribution in [0.4, 0.5) is 10.2 Å². The predicted octanol–water partition coefficient (Wildman–Crippen LogP) is 3.23. The summed E-state index contributed by atoms with van der Waals surface area (Å²) >= 11 is 0. The van der Waals surface area contributed by atoms with Crippen LogP contribution >= 0.6 is 0 Å². The topological polar surface area (TPSA) is 75.4 Å². The lowest BCUT2D eigenvalue weighted by Gasteiger charge is -2.34. The zero-order valence-corrected chi connectivity index (χ0v) is 13.8. The van der Waals surface area contributed by atoms with Crippen LogP contribution in [0, 0.1) is 5.82 Å². The van der Waals surface area contributed by atoms with Gasteiger partial charge in [0.1, 0.15) is 18.6 Å². The second-order valence-corrected chi connectivity index (χ2v) is 6.16. The number of aromatic nitrogens is 1. The van der Waals surface area contributed by atoms with E-state index in [0.29, 0.717) is 11.4 Å². The molecular weight excluding hydrogens is 325 g/mol. The van der Waals surface area contributed by atoms with Crippen molar-refractivity contribution in [1.82, 2.24) is 10.1 Å². The van der Waals surface area contributed by atoms with Crippen LogP contribution in [0.1, 0.15) is 42.5 Å². The van der Waals surface area contributed by atoms with E-state index in [1.165, 1.54) is 36.6 Å². The molecule has 1 N–H and O–H groups in total. The zero-order valence-electron chi connectivity index (χ0n) is 13.8. The van der Waals surface area contributed by atoms with Crippen LogP contribution in [0.15, 0.2) is 41.1 Å². The minimum Gasteiger partial charge on any atom is -0.363 e. The van der Waals surface area contributed by atoms with Gasteiger partial charge >= 0.3 is 0 Å². The number of anilines is 1. The van der Waals surface area contributed by atoms with E-state index in [2.05, 4.69) is 15.0 Å². The van der Waals surface area contributed by atoms with Crippen molar-refractivity contribution < 1.29 is 18.5 Å². The van der Waals surface area contributed by atoms with Gasteiger partial charge in [-0.25, -0.2) is 4.39 Å². The number of carbonyl (C=O) groups excluding carboxylic acids is 2. The molecule has 2 amide bonds. The van der Waals surface area contributed by atoms with Gasteiger partial charge in [0.05, 0.1) is 0 Å². The van der Waals surface area contributed by atoms with Crippen molar-refractivity contribution in [3.05, 3.63) is 48.0 Å². The van der Waals surface area contributed by atoms with Gasteiger partial charge in [-0.15, -0.1) is 0 Å². The molecule has 0 aliphatic heterocycles. The minimum atomic E-state index is -0.399. The summed E-state index contributed by atoms with van der Waals surface area (Å²) in [6.45, 7) is -0.0757. The third-order valence-electron chi connectivity index (χ3n) is 4.39. The summed E-state index contributed by atoms with van der Waals surface area (Å²) in [5.74, 6) is -0.690. The summed E-state index contributed by atoms with van der Waals surface area (Å²) in [5, 5.41) is 6.25. The van der Waals surface area contributed by atoms with Crippen molar-refractivity contribution in [1.29, 1.82) is 0 Å². The summed E-state index contributed by atoms with van der Waals surface area (Å²) < 4.78 is 17.8. The number of rotatable bonds is 5. The standard InChI is InChI=1S/C18H20FN3O3/c19-14-8-6-13(7-9-14)18(24)22(15-4-2-1-3-5-15)12-17(23)20-16-10-11-25-21-16/h6-11,15H,1-5,12H2,(H,20,21,23). The van der Waals surface area contributed by atoms with E-state index in [1.54, 1.807) is 4.90 Å². The van der Waals surface area contributed by atoms with Crippen molar-refractivity contribution in [3.63, 3.8) is 0 Å². The zero-order chi connectivity index (χ0) is 17.6. The molecule has 0 unspecified atom stereocenters. The van der Waals surface area contributed by atoms with E-state index in [4.69, 9.17) is 0 Å². The number of carbonyl (C=O) groups is 2. The Morgan fingerprint density at radius 2 is 1.88 bits per heavy atom. The first-order valence-electron chi connectivity index (χ1n) is 8.40. The Balaban J connectivity index is 1.75. The Labute approximate surface area is 145 Å². The molecule has 7 heteroatoms. The van der Waals surface area contributed by atoms with E-state index in [0.717, 1.165) is 32.1 Å². The average Bonchev–Trinajstić information content (AvgIpc) is 3.13. The number of nitrogens with one attached hydrogen (secondary N) is 1. The molecule has 1 aliphatic carbocycles. The fourth-order valence-electron chi connectivity index (χ4n) is 3.13.